The number of benzene rings is 2. The molecule has 3 amide bonds. The summed E-state index contributed by atoms with van der Waals surface area (Å²) in [6, 6.07) is 12.3. The topological polar surface area (TPSA) is 55.9 Å². The first-order valence-corrected chi connectivity index (χ1v) is 9.08. The van der Waals surface area contributed by atoms with Crippen LogP contribution >= 0.6 is 23.2 Å². The Morgan fingerprint density at radius 3 is 2.52 bits per heavy atom. The van der Waals surface area contributed by atoms with Gasteiger partial charge in [0.05, 0.1) is 12.2 Å². The first-order valence-electron chi connectivity index (χ1n) is 8.32. The summed E-state index contributed by atoms with van der Waals surface area (Å²) in [5.41, 5.74) is 5.38. The van der Waals surface area contributed by atoms with E-state index in [9.17, 15) is 9.59 Å². The molecule has 2 aromatic carbocycles. The minimum Gasteiger partial charge on any atom is -0.283 e. The number of anilines is 1. The molecule has 0 aromatic heterocycles. The number of hydrazine groups is 1. The summed E-state index contributed by atoms with van der Waals surface area (Å²) in [5, 5.41) is 2.63. The lowest BCUT2D eigenvalue weighted by Gasteiger charge is -2.30. The van der Waals surface area contributed by atoms with Gasteiger partial charge in [-0.2, -0.15) is 5.43 Å². The maximum atomic E-state index is 13.0. The highest BCUT2D eigenvalue weighted by atomic mass is 35.5. The minimum atomic E-state index is -0.798. The molecule has 8 heteroatoms. The Labute approximate surface area is 166 Å². The smallest absolute Gasteiger partial charge is 0.283 e. The molecule has 1 saturated heterocycles. The molecule has 27 heavy (non-hydrogen) atoms. The number of urea groups is 1. The van der Waals surface area contributed by atoms with E-state index in [-0.39, 0.29) is 11.9 Å². The fraction of sp³-hybridized carbons (Fsp3) is 0.158. The molecule has 0 spiro atoms. The molecular weight excluding hydrogens is 387 g/mol. The van der Waals surface area contributed by atoms with E-state index < -0.39 is 6.17 Å². The Balaban J connectivity index is 1.57. The fourth-order valence-electron chi connectivity index (χ4n) is 3.12. The van der Waals surface area contributed by atoms with E-state index >= 15 is 0 Å². The third-order valence-corrected chi connectivity index (χ3v) is 5.27. The molecule has 0 saturated carbocycles. The van der Waals surface area contributed by atoms with Gasteiger partial charge in [0.1, 0.15) is 0 Å². The number of halogens is 2. The first kappa shape index (κ1) is 17.9. The van der Waals surface area contributed by atoms with E-state index in [1.165, 1.54) is 14.8 Å². The Hall–Kier alpha value is -2.54. The summed E-state index contributed by atoms with van der Waals surface area (Å²) in [5.74, 6) is -0.255. The molecule has 4 rings (SSSR count). The van der Waals surface area contributed by atoms with E-state index in [0.29, 0.717) is 22.3 Å². The molecule has 2 heterocycles. The molecule has 0 bridgehead atoms. The van der Waals surface area contributed by atoms with E-state index in [0.717, 1.165) is 11.1 Å². The lowest BCUT2D eigenvalue weighted by molar-refractivity contribution is -0.122. The number of rotatable bonds is 3. The van der Waals surface area contributed by atoms with Crippen molar-refractivity contribution in [2.24, 2.45) is 0 Å². The van der Waals surface area contributed by atoms with E-state index in [1.807, 2.05) is 25.1 Å². The van der Waals surface area contributed by atoms with Gasteiger partial charge in [0.25, 0.3) is 5.91 Å². The van der Waals surface area contributed by atoms with Gasteiger partial charge in [-0.15, -0.1) is 0 Å². The van der Waals surface area contributed by atoms with Crippen LogP contribution in [0.5, 0.6) is 0 Å². The quantitative estimate of drug-likeness (QED) is 0.846. The SMILES string of the molecule is Cc1c(Cl)cccc1N1C=CN2C(=O)N(Cc3ccc(Cl)cc3)NC2C1=O. The minimum absolute atomic E-state index is 0.255. The standard InChI is InChI=1S/C19H16Cl2N4O2/c1-12-15(21)3-2-4-16(12)23-9-10-24-17(18(23)26)22-25(19(24)27)11-13-5-7-14(20)8-6-13/h2-10,17,22H,11H2,1H3. The zero-order valence-electron chi connectivity index (χ0n) is 14.4. The number of nitrogens with one attached hydrogen (secondary N) is 1. The van der Waals surface area contributed by atoms with Crippen LogP contribution in [0.25, 0.3) is 0 Å². The normalized spacial score (nSPS) is 19.1. The highest BCUT2D eigenvalue weighted by Crippen LogP contribution is 2.30. The van der Waals surface area contributed by atoms with Crippen LogP contribution < -0.4 is 10.3 Å². The summed E-state index contributed by atoms with van der Waals surface area (Å²) >= 11 is 12.1. The summed E-state index contributed by atoms with van der Waals surface area (Å²) in [7, 11) is 0. The number of carbonyl (C=O) groups is 2. The zero-order valence-corrected chi connectivity index (χ0v) is 15.9. The third-order valence-electron chi connectivity index (χ3n) is 4.61. The van der Waals surface area contributed by atoms with E-state index in [1.54, 1.807) is 36.7 Å². The number of nitrogens with zero attached hydrogens (tertiary/aromatic N) is 3. The van der Waals surface area contributed by atoms with Crippen molar-refractivity contribution in [2.45, 2.75) is 19.6 Å². The average molecular weight is 403 g/mol. The predicted molar refractivity (Wildman–Crippen MR) is 104 cm³/mol. The monoisotopic (exact) mass is 402 g/mol. The third kappa shape index (κ3) is 3.16. The Kier molecular flexibility index (Phi) is 4.55. The van der Waals surface area contributed by atoms with Gasteiger partial charge < -0.3 is 0 Å². The first-order chi connectivity index (χ1) is 13.0. The number of carbonyl (C=O) groups excluding carboxylic acids is 2. The van der Waals surface area contributed by atoms with E-state index in [4.69, 9.17) is 23.2 Å². The summed E-state index contributed by atoms with van der Waals surface area (Å²) in [4.78, 5) is 28.5. The average Bonchev–Trinajstić information content (AvgIpc) is 2.97. The predicted octanol–water partition coefficient (Wildman–Crippen LogP) is 3.89. The molecule has 1 N–H and O–H groups in total. The Morgan fingerprint density at radius 2 is 1.78 bits per heavy atom. The van der Waals surface area contributed by atoms with Crippen LogP contribution in [0.4, 0.5) is 10.5 Å². The van der Waals surface area contributed by atoms with Crippen molar-refractivity contribution in [1.82, 2.24) is 15.3 Å². The largest absolute Gasteiger partial charge is 0.340 e. The molecule has 0 aliphatic carbocycles. The van der Waals surface area contributed by atoms with Crippen LogP contribution in [-0.2, 0) is 11.3 Å². The molecule has 2 aromatic rings. The summed E-state index contributed by atoms with van der Waals surface area (Å²) < 4.78 is 0. The van der Waals surface area contributed by atoms with Gasteiger partial charge in [-0.3, -0.25) is 19.6 Å². The molecule has 1 unspecified atom stereocenters. The maximum Gasteiger partial charge on any atom is 0.340 e. The molecule has 1 atom stereocenters. The van der Waals surface area contributed by atoms with Gasteiger partial charge in [0.2, 0.25) is 0 Å². The van der Waals surface area contributed by atoms with Gasteiger partial charge >= 0.3 is 6.03 Å². The molecule has 0 radical (unpaired) electrons. The van der Waals surface area contributed by atoms with Crippen LogP contribution in [0.1, 0.15) is 11.1 Å². The molecule has 2 aliphatic heterocycles. The summed E-state index contributed by atoms with van der Waals surface area (Å²) in [6.07, 6.45) is 2.39. The molecule has 1 fully saturated rings. The van der Waals surface area contributed by atoms with Crippen molar-refractivity contribution in [3.8, 4) is 0 Å². The lowest BCUT2D eigenvalue weighted by atomic mass is 10.1. The van der Waals surface area contributed by atoms with Gasteiger partial charge in [0.15, 0.2) is 6.17 Å². The van der Waals surface area contributed by atoms with Crippen LogP contribution in [0.3, 0.4) is 0 Å². The van der Waals surface area contributed by atoms with Crippen molar-refractivity contribution in [3.63, 3.8) is 0 Å². The molecule has 6 nitrogen and oxygen atoms in total. The van der Waals surface area contributed by atoms with Crippen LogP contribution in [0.2, 0.25) is 10.0 Å². The van der Waals surface area contributed by atoms with Gasteiger partial charge in [-0.1, -0.05) is 41.4 Å². The number of amides is 3. The van der Waals surface area contributed by atoms with Crippen molar-refractivity contribution >= 4 is 40.8 Å². The number of hydrogen-bond acceptors (Lipinski definition) is 3. The highest BCUT2D eigenvalue weighted by Gasteiger charge is 2.44. The Bertz CT molecular complexity index is 945. The maximum absolute atomic E-state index is 13.0. The van der Waals surface area contributed by atoms with Crippen molar-refractivity contribution in [3.05, 3.63) is 76.0 Å². The van der Waals surface area contributed by atoms with Crippen molar-refractivity contribution in [1.29, 1.82) is 0 Å². The second-order valence-corrected chi connectivity index (χ2v) is 7.17. The highest BCUT2D eigenvalue weighted by molar-refractivity contribution is 6.32. The van der Waals surface area contributed by atoms with E-state index in [2.05, 4.69) is 5.43 Å². The van der Waals surface area contributed by atoms with Gasteiger partial charge in [-0.05, 0) is 42.3 Å². The van der Waals surface area contributed by atoms with Gasteiger partial charge in [-0.25, -0.2) is 4.79 Å². The number of hydrogen-bond donors (Lipinski definition) is 1. The Morgan fingerprint density at radius 1 is 1.04 bits per heavy atom. The summed E-state index contributed by atoms with van der Waals surface area (Å²) in [6.45, 7) is 2.17. The van der Waals surface area contributed by atoms with Crippen LogP contribution in [0, 0.1) is 6.92 Å². The molecule has 2 aliphatic rings. The molecule has 138 valence electrons. The van der Waals surface area contributed by atoms with Crippen molar-refractivity contribution in [2.75, 3.05) is 4.90 Å². The van der Waals surface area contributed by atoms with Crippen LogP contribution in [-0.4, -0.2) is 28.0 Å². The second kappa shape index (κ2) is 6.88. The van der Waals surface area contributed by atoms with Crippen LogP contribution in [0.15, 0.2) is 54.9 Å². The zero-order chi connectivity index (χ0) is 19.1. The lowest BCUT2D eigenvalue weighted by Crippen LogP contribution is -2.51. The molecular formula is C19H16Cl2N4O2. The fourth-order valence-corrected chi connectivity index (χ4v) is 3.42. The number of fused-ring (bicyclic) bond motifs is 1. The van der Waals surface area contributed by atoms with Gasteiger partial charge in [0, 0.05) is 22.4 Å². The second-order valence-electron chi connectivity index (χ2n) is 6.32. The van der Waals surface area contributed by atoms with Crippen molar-refractivity contribution < 1.29 is 9.59 Å².